The third kappa shape index (κ3) is 5.42. The van der Waals surface area contributed by atoms with E-state index in [1.165, 1.54) is 34.6 Å². The largest absolute Gasteiger partial charge is 0.573 e. The van der Waals surface area contributed by atoms with Crippen LogP contribution in [0.15, 0.2) is 47.4 Å². The first kappa shape index (κ1) is 23.8. The number of anilines is 2. The van der Waals surface area contributed by atoms with Crippen molar-refractivity contribution in [3.8, 4) is 11.5 Å². The van der Waals surface area contributed by atoms with E-state index in [4.69, 9.17) is 4.74 Å². The molecule has 1 fully saturated rings. The van der Waals surface area contributed by atoms with Crippen LogP contribution < -0.4 is 20.1 Å². The lowest BCUT2D eigenvalue weighted by molar-refractivity contribution is -0.274. The number of amides is 2. The molecule has 4 rings (SSSR count). The van der Waals surface area contributed by atoms with Crippen LogP contribution in [-0.2, 0) is 19.6 Å². The van der Waals surface area contributed by atoms with Crippen molar-refractivity contribution < 1.29 is 40.7 Å². The minimum atomic E-state index is -4.82. The van der Waals surface area contributed by atoms with E-state index in [9.17, 15) is 31.2 Å². The predicted molar refractivity (Wildman–Crippen MR) is 114 cm³/mol. The zero-order valence-electron chi connectivity index (χ0n) is 17.6. The molecule has 2 heterocycles. The van der Waals surface area contributed by atoms with Gasteiger partial charge in [0.15, 0.2) is 6.61 Å². The fourth-order valence-electron chi connectivity index (χ4n) is 3.73. The van der Waals surface area contributed by atoms with Crippen molar-refractivity contribution in [3.63, 3.8) is 0 Å². The number of carbonyl (C=O) groups excluding carboxylic acids is 2. The fraction of sp³-hybridized carbons (Fsp3) is 0.333. The number of carbonyl (C=O) groups is 2. The Morgan fingerprint density at radius 2 is 1.91 bits per heavy atom. The van der Waals surface area contributed by atoms with Crippen LogP contribution in [0.4, 0.5) is 24.5 Å². The molecule has 2 aromatic carbocycles. The number of halogens is 3. The van der Waals surface area contributed by atoms with Gasteiger partial charge >= 0.3 is 6.36 Å². The smallest absolute Gasteiger partial charge is 0.482 e. The molecule has 2 aromatic rings. The molecule has 0 aliphatic carbocycles. The molecule has 9 nitrogen and oxygen atoms in total. The third-order valence-electron chi connectivity index (χ3n) is 5.33. The highest BCUT2D eigenvalue weighted by molar-refractivity contribution is 7.89. The van der Waals surface area contributed by atoms with Gasteiger partial charge in [-0.05, 0) is 55.3 Å². The summed E-state index contributed by atoms with van der Waals surface area (Å²) in [5, 5.41) is 5.16. The maximum Gasteiger partial charge on any atom is 0.573 e. The number of hydrogen-bond acceptors (Lipinski definition) is 6. The van der Waals surface area contributed by atoms with Crippen molar-refractivity contribution in [1.29, 1.82) is 0 Å². The van der Waals surface area contributed by atoms with E-state index in [0.717, 1.165) is 12.1 Å². The van der Waals surface area contributed by atoms with Gasteiger partial charge in [0, 0.05) is 18.8 Å². The first-order chi connectivity index (χ1) is 16.0. The summed E-state index contributed by atoms with van der Waals surface area (Å²) in [4.78, 5) is 24.2. The minimum absolute atomic E-state index is 0.0432. The van der Waals surface area contributed by atoms with Crippen LogP contribution in [0.25, 0.3) is 0 Å². The van der Waals surface area contributed by atoms with Crippen molar-refractivity contribution in [1.82, 2.24) is 4.31 Å². The van der Waals surface area contributed by atoms with Crippen molar-refractivity contribution in [3.05, 3.63) is 42.5 Å². The Hall–Kier alpha value is -3.32. The van der Waals surface area contributed by atoms with Crippen LogP contribution in [0.2, 0.25) is 0 Å². The van der Waals surface area contributed by atoms with Crippen molar-refractivity contribution in [2.75, 3.05) is 30.3 Å². The second kappa shape index (κ2) is 9.14. The highest BCUT2D eigenvalue weighted by atomic mass is 32.2. The molecular formula is C21H20F3N3O6S. The van der Waals surface area contributed by atoms with E-state index < -0.39 is 39.9 Å². The van der Waals surface area contributed by atoms with Crippen molar-refractivity contribution >= 4 is 33.2 Å². The molecule has 2 amide bonds. The van der Waals surface area contributed by atoms with E-state index in [0.29, 0.717) is 18.6 Å². The molecule has 0 radical (unpaired) electrons. The van der Waals surface area contributed by atoms with Gasteiger partial charge < -0.3 is 20.1 Å². The summed E-state index contributed by atoms with van der Waals surface area (Å²) in [6, 6.07) is 8.82. The summed E-state index contributed by atoms with van der Waals surface area (Å²) in [6.45, 7) is -0.000985. The van der Waals surface area contributed by atoms with Crippen LogP contribution in [-0.4, -0.2) is 50.6 Å². The Labute approximate surface area is 192 Å². The number of nitrogens with zero attached hydrogens (tertiary/aromatic N) is 1. The quantitative estimate of drug-likeness (QED) is 0.654. The molecule has 0 saturated carbocycles. The molecule has 13 heteroatoms. The van der Waals surface area contributed by atoms with Crippen molar-refractivity contribution in [2.45, 2.75) is 24.1 Å². The van der Waals surface area contributed by atoms with Crippen LogP contribution in [0, 0.1) is 5.92 Å². The number of piperidine rings is 1. The monoisotopic (exact) mass is 499 g/mol. The van der Waals surface area contributed by atoms with E-state index in [-0.39, 0.29) is 36.0 Å². The number of sulfonamides is 1. The average molecular weight is 499 g/mol. The van der Waals surface area contributed by atoms with Gasteiger partial charge in [-0.25, -0.2) is 8.42 Å². The molecule has 1 saturated heterocycles. The summed E-state index contributed by atoms with van der Waals surface area (Å²) in [5.41, 5.74) is 0.506. The van der Waals surface area contributed by atoms with Gasteiger partial charge in [-0.3, -0.25) is 9.59 Å². The van der Waals surface area contributed by atoms with Gasteiger partial charge in [-0.1, -0.05) is 0 Å². The average Bonchev–Trinajstić information content (AvgIpc) is 2.79. The zero-order valence-corrected chi connectivity index (χ0v) is 18.4. The Bertz CT molecular complexity index is 1200. The Morgan fingerprint density at radius 3 is 2.62 bits per heavy atom. The summed E-state index contributed by atoms with van der Waals surface area (Å²) in [7, 11) is -3.95. The van der Waals surface area contributed by atoms with Gasteiger partial charge in [0.05, 0.1) is 16.5 Å². The summed E-state index contributed by atoms with van der Waals surface area (Å²) < 4.78 is 73.4. The fourth-order valence-corrected chi connectivity index (χ4v) is 5.28. The number of benzene rings is 2. The van der Waals surface area contributed by atoms with E-state index >= 15 is 0 Å². The molecule has 182 valence electrons. The number of fused-ring (bicyclic) bond motifs is 1. The normalized spacial score (nSPS) is 18.9. The topological polar surface area (TPSA) is 114 Å². The number of rotatable bonds is 5. The lowest BCUT2D eigenvalue weighted by atomic mass is 9.99. The van der Waals surface area contributed by atoms with Crippen molar-refractivity contribution in [2.24, 2.45) is 5.92 Å². The van der Waals surface area contributed by atoms with Gasteiger partial charge in [0.2, 0.25) is 15.9 Å². The van der Waals surface area contributed by atoms with Gasteiger partial charge in [-0.15, -0.1) is 13.2 Å². The molecule has 2 aliphatic heterocycles. The Balaban J connectivity index is 1.43. The minimum Gasteiger partial charge on any atom is -0.482 e. The number of hydrogen-bond donors (Lipinski definition) is 2. The lowest BCUT2D eigenvalue weighted by Gasteiger charge is -2.31. The number of alkyl halides is 3. The van der Waals surface area contributed by atoms with E-state index in [2.05, 4.69) is 15.4 Å². The second-order valence-corrected chi connectivity index (χ2v) is 9.70. The highest BCUT2D eigenvalue weighted by Gasteiger charge is 2.34. The first-order valence-electron chi connectivity index (χ1n) is 10.2. The molecule has 0 spiro atoms. The zero-order chi connectivity index (χ0) is 24.5. The standard InChI is InChI=1S/C21H20F3N3O6S/c22-21(23,24)33-15-5-3-14(4-6-15)25-20(29)13-2-1-9-27(11-13)34(30,31)16-7-8-18-17(10-16)26-19(28)12-32-18/h3-8,10,13H,1-2,9,11-12H2,(H,25,29)(H,26,28)/t13-/m1/s1. The van der Waals surface area contributed by atoms with Crippen LogP contribution >= 0.6 is 0 Å². The third-order valence-corrected chi connectivity index (χ3v) is 7.19. The Kier molecular flexibility index (Phi) is 6.41. The van der Waals surface area contributed by atoms with Gasteiger partial charge in [0.25, 0.3) is 5.91 Å². The summed E-state index contributed by atoms with van der Waals surface area (Å²) >= 11 is 0. The van der Waals surface area contributed by atoms with Crippen LogP contribution in [0.5, 0.6) is 11.5 Å². The molecule has 0 aromatic heterocycles. The Morgan fingerprint density at radius 1 is 1.18 bits per heavy atom. The summed E-state index contributed by atoms with van der Waals surface area (Å²) in [5.74, 6) is -1.56. The molecular weight excluding hydrogens is 479 g/mol. The maximum atomic E-state index is 13.2. The van der Waals surface area contributed by atoms with Gasteiger partial charge in [0.1, 0.15) is 11.5 Å². The number of ether oxygens (including phenoxy) is 2. The summed E-state index contributed by atoms with van der Waals surface area (Å²) in [6.07, 6.45) is -3.93. The lowest BCUT2D eigenvalue weighted by Crippen LogP contribution is -2.43. The molecule has 34 heavy (non-hydrogen) atoms. The van der Waals surface area contributed by atoms with E-state index in [1.807, 2.05) is 0 Å². The van der Waals surface area contributed by atoms with Gasteiger partial charge in [-0.2, -0.15) is 4.31 Å². The maximum absolute atomic E-state index is 13.2. The second-order valence-electron chi connectivity index (χ2n) is 7.76. The highest BCUT2D eigenvalue weighted by Crippen LogP contribution is 2.32. The molecule has 2 N–H and O–H groups in total. The van der Waals surface area contributed by atoms with Crippen LogP contribution in [0.1, 0.15) is 12.8 Å². The van der Waals surface area contributed by atoms with Crippen LogP contribution in [0.3, 0.4) is 0 Å². The number of nitrogens with one attached hydrogen (secondary N) is 2. The first-order valence-corrected chi connectivity index (χ1v) is 11.7. The molecule has 0 unspecified atom stereocenters. The molecule has 2 aliphatic rings. The SMILES string of the molecule is O=C1COc2ccc(S(=O)(=O)N3CCC[C@@H](C(=O)Nc4ccc(OC(F)(F)F)cc4)C3)cc2N1. The molecule has 0 bridgehead atoms. The predicted octanol–water partition coefficient (Wildman–Crippen LogP) is 2.96. The molecule has 1 atom stereocenters. The van der Waals surface area contributed by atoms with E-state index in [1.54, 1.807) is 0 Å².